The number of likely N-dealkylation sites (tertiary alicyclic amines) is 1. The highest BCUT2D eigenvalue weighted by atomic mass is 16.2. The van der Waals surface area contributed by atoms with Crippen LogP contribution in [0.15, 0.2) is 42.5 Å². The van der Waals surface area contributed by atoms with Crippen LogP contribution in [0.25, 0.3) is 10.8 Å². The van der Waals surface area contributed by atoms with Gasteiger partial charge in [0.15, 0.2) is 0 Å². The minimum Gasteiger partial charge on any atom is -0.343 e. The smallest absolute Gasteiger partial charge is 0.321 e. The maximum Gasteiger partial charge on any atom is 0.321 e. The Labute approximate surface area is 155 Å². The molecule has 0 spiro atoms. The number of carbonyl (C=O) groups is 2. The van der Waals surface area contributed by atoms with Crippen LogP contribution < -0.4 is 5.32 Å². The third-order valence-corrected chi connectivity index (χ3v) is 5.16. The zero-order valence-electron chi connectivity index (χ0n) is 15.6. The van der Waals surface area contributed by atoms with Gasteiger partial charge in [0.25, 0.3) is 0 Å². The Bertz CT molecular complexity index is 780. The van der Waals surface area contributed by atoms with Gasteiger partial charge in [-0.1, -0.05) is 36.4 Å². The molecule has 5 nitrogen and oxygen atoms in total. The molecule has 0 saturated carbocycles. The van der Waals surface area contributed by atoms with E-state index < -0.39 is 0 Å². The lowest BCUT2D eigenvalue weighted by Gasteiger charge is -2.34. The first-order valence-electron chi connectivity index (χ1n) is 9.46. The first-order chi connectivity index (χ1) is 12.6. The molecule has 1 heterocycles. The van der Waals surface area contributed by atoms with E-state index in [0.717, 1.165) is 29.3 Å². The van der Waals surface area contributed by atoms with Crippen molar-refractivity contribution in [3.63, 3.8) is 0 Å². The second-order valence-electron chi connectivity index (χ2n) is 6.75. The van der Waals surface area contributed by atoms with Crippen molar-refractivity contribution in [3.8, 4) is 0 Å². The Morgan fingerprint density at radius 3 is 2.62 bits per heavy atom. The maximum absolute atomic E-state index is 12.8. The van der Waals surface area contributed by atoms with E-state index in [1.165, 1.54) is 0 Å². The van der Waals surface area contributed by atoms with E-state index in [-0.39, 0.29) is 17.9 Å². The molecule has 3 amide bonds. The van der Waals surface area contributed by atoms with Crippen molar-refractivity contribution in [2.24, 2.45) is 5.92 Å². The van der Waals surface area contributed by atoms with E-state index in [4.69, 9.17) is 0 Å². The highest BCUT2D eigenvalue weighted by molar-refractivity contribution is 6.01. The van der Waals surface area contributed by atoms with Crippen LogP contribution in [0.1, 0.15) is 26.7 Å². The quantitative estimate of drug-likeness (QED) is 0.905. The van der Waals surface area contributed by atoms with Crippen LogP contribution in [0.3, 0.4) is 0 Å². The molecule has 1 aliphatic rings. The first kappa shape index (κ1) is 18.2. The van der Waals surface area contributed by atoms with Gasteiger partial charge in [-0.3, -0.25) is 4.79 Å². The Balaban J connectivity index is 1.70. The van der Waals surface area contributed by atoms with Gasteiger partial charge in [0.2, 0.25) is 5.91 Å². The number of carbonyl (C=O) groups excluding carboxylic acids is 2. The molecule has 3 rings (SSSR count). The van der Waals surface area contributed by atoms with E-state index in [9.17, 15) is 9.59 Å². The molecule has 1 fully saturated rings. The van der Waals surface area contributed by atoms with Gasteiger partial charge in [0.05, 0.1) is 11.6 Å². The predicted molar refractivity (Wildman–Crippen MR) is 105 cm³/mol. The van der Waals surface area contributed by atoms with Crippen LogP contribution in [0.4, 0.5) is 10.5 Å². The summed E-state index contributed by atoms with van der Waals surface area (Å²) < 4.78 is 0. The summed E-state index contributed by atoms with van der Waals surface area (Å²) in [4.78, 5) is 29.0. The van der Waals surface area contributed by atoms with Gasteiger partial charge in [-0.25, -0.2) is 4.79 Å². The third kappa shape index (κ3) is 3.82. The number of hydrogen-bond donors (Lipinski definition) is 1. The lowest BCUT2D eigenvalue weighted by atomic mass is 9.96. The van der Waals surface area contributed by atoms with Crippen molar-refractivity contribution in [2.75, 3.05) is 31.5 Å². The number of nitrogens with one attached hydrogen (secondary N) is 1. The van der Waals surface area contributed by atoms with Crippen molar-refractivity contribution < 1.29 is 9.59 Å². The van der Waals surface area contributed by atoms with Crippen LogP contribution in [0, 0.1) is 5.92 Å². The van der Waals surface area contributed by atoms with Gasteiger partial charge in [-0.2, -0.15) is 0 Å². The number of anilines is 1. The summed E-state index contributed by atoms with van der Waals surface area (Å²) in [6.07, 6.45) is 1.72. The summed E-state index contributed by atoms with van der Waals surface area (Å²) in [5, 5.41) is 5.15. The molecule has 2 aromatic rings. The van der Waals surface area contributed by atoms with Crippen molar-refractivity contribution in [2.45, 2.75) is 26.7 Å². The summed E-state index contributed by atoms with van der Waals surface area (Å²) in [6.45, 7) is 6.61. The van der Waals surface area contributed by atoms with Gasteiger partial charge < -0.3 is 15.1 Å². The maximum atomic E-state index is 12.8. The lowest BCUT2D eigenvalue weighted by Crippen LogP contribution is -2.47. The summed E-state index contributed by atoms with van der Waals surface area (Å²) in [5.41, 5.74) is 0.810. The van der Waals surface area contributed by atoms with Crippen LogP contribution in [-0.2, 0) is 4.79 Å². The van der Waals surface area contributed by atoms with Crippen LogP contribution in [0.5, 0.6) is 0 Å². The van der Waals surface area contributed by atoms with E-state index in [2.05, 4.69) is 5.32 Å². The summed E-state index contributed by atoms with van der Waals surface area (Å²) >= 11 is 0. The number of hydrogen-bond acceptors (Lipinski definition) is 2. The highest BCUT2D eigenvalue weighted by Gasteiger charge is 2.30. The first-order valence-corrected chi connectivity index (χ1v) is 9.46. The molecule has 0 radical (unpaired) electrons. The van der Waals surface area contributed by atoms with Gasteiger partial charge >= 0.3 is 6.03 Å². The van der Waals surface area contributed by atoms with Gasteiger partial charge in [-0.05, 0) is 38.1 Å². The molecule has 5 heteroatoms. The van der Waals surface area contributed by atoms with Crippen molar-refractivity contribution in [1.29, 1.82) is 0 Å². The Hall–Kier alpha value is -2.56. The fourth-order valence-electron chi connectivity index (χ4n) is 3.69. The Morgan fingerprint density at radius 2 is 1.85 bits per heavy atom. The minimum absolute atomic E-state index is 0.0954. The van der Waals surface area contributed by atoms with Crippen LogP contribution >= 0.6 is 0 Å². The second-order valence-corrected chi connectivity index (χ2v) is 6.75. The molecule has 1 unspecified atom stereocenters. The molecule has 1 atom stereocenters. The summed E-state index contributed by atoms with van der Waals surface area (Å²) in [7, 11) is 0. The SMILES string of the molecule is CCN(CC)C(=O)C1CCCN(C(=O)Nc2cccc3ccccc23)C1. The van der Waals surface area contributed by atoms with Crippen LogP contribution in [-0.4, -0.2) is 47.9 Å². The fourth-order valence-corrected chi connectivity index (χ4v) is 3.69. The van der Waals surface area contributed by atoms with E-state index in [1.54, 1.807) is 4.90 Å². The molecule has 138 valence electrons. The highest BCUT2D eigenvalue weighted by Crippen LogP contribution is 2.24. The zero-order chi connectivity index (χ0) is 18.5. The molecule has 1 N–H and O–H groups in total. The number of urea groups is 1. The molecule has 2 aromatic carbocycles. The monoisotopic (exact) mass is 353 g/mol. The largest absolute Gasteiger partial charge is 0.343 e. The molecule has 0 aromatic heterocycles. The van der Waals surface area contributed by atoms with Crippen molar-refractivity contribution in [1.82, 2.24) is 9.80 Å². The zero-order valence-corrected chi connectivity index (χ0v) is 15.6. The van der Waals surface area contributed by atoms with Crippen molar-refractivity contribution >= 4 is 28.4 Å². The third-order valence-electron chi connectivity index (χ3n) is 5.16. The summed E-state index contributed by atoms with van der Waals surface area (Å²) in [6, 6.07) is 13.8. The minimum atomic E-state index is -0.126. The molecular formula is C21H27N3O2. The predicted octanol–water partition coefficient (Wildman–Crippen LogP) is 3.95. The molecule has 26 heavy (non-hydrogen) atoms. The van der Waals surface area contributed by atoms with E-state index >= 15 is 0 Å². The normalized spacial score (nSPS) is 17.2. The van der Waals surface area contributed by atoms with Crippen LogP contribution in [0.2, 0.25) is 0 Å². The number of piperidine rings is 1. The average Bonchev–Trinajstić information content (AvgIpc) is 2.69. The fraction of sp³-hybridized carbons (Fsp3) is 0.429. The second kappa shape index (κ2) is 8.21. The number of nitrogens with zero attached hydrogens (tertiary/aromatic N) is 2. The van der Waals surface area contributed by atoms with Crippen molar-refractivity contribution in [3.05, 3.63) is 42.5 Å². The Kier molecular flexibility index (Phi) is 5.76. The average molecular weight is 353 g/mol. The standard InChI is InChI=1S/C21H27N3O2/c1-3-23(4-2)20(25)17-11-8-14-24(15-17)21(26)22-19-13-7-10-16-9-5-6-12-18(16)19/h5-7,9-10,12-13,17H,3-4,8,11,14-15H2,1-2H3,(H,22,26). The Morgan fingerprint density at radius 1 is 1.12 bits per heavy atom. The number of amides is 3. The topological polar surface area (TPSA) is 52.7 Å². The molecule has 1 saturated heterocycles. The number of benzene rings is 2. The lowest BCUT2D eigenvalue weighted by molar-refractivity contribution is -0.136. The molecule has 1 aliphatic heterocycles. The summed E-state index contributed by atoms with van der Waals surface area (Å²) in [5.74, 6) is 0.0691. The van der Waals surface area contributed by atoms with E-state index in [1.807, 2.05) is 61.2 Å². The number of fused-ring (bicyclic) bond motifs is 1. The van der Waals surface area contributed by atoms with Gasteiger partial charge in [0.1, 0.15) is 0 Å². The molecule has 0 bridgehead atoms. The molecule has 0 aliphatic carbocycles. The molecular weight excluding hydrogens is 326 g/mol. The number of rotatable bonds is 4. The van der Waals surface area contributed by atoms with Gasteiger partial charge in [-0.15, -0.1) is 0 Å². The van der Waals surface area contributed by atoms with E-state index in [0.29, 0.717) is 26.2 Å². The van der Waals surface area contributed by atoms with Gasteiger partial charge in [0, 0.05) is 31.6 Å².